The van der Waals surface area contributed by atoms with Crippen molar-refractivity contribution in [3.63, 3.8) is 0 Å². The van der Waals surface area contributed by atoms with Gasteiger partial charge in [-0.15, -0.1) is 0 Å². The lowest BCUT2D eigenvalue weighted by molar-refractivity contribution is -0.122. The van der Waals surface area contributed by atoms with E-state index >= 15 is 0 Å². The van der Waals surface area contributed by atoms with E-state index in [1.165, 1.54) is 0 Å². The van der Waals surface area contributed by atoms with Gasteiger partial charge in [-0.3, -0.25) is 9.59 Å². The molecule has 0 aromatic heterocycles. The van der Waals surface area contributed by atoms with Gasteiger partial charge in [0.25, 0.3) is 0 Å². The van der Waals surface area contributed by atoms with Gasteiger partial charge in [0.1, 0.15) is 5.75 Å². The third-order valence-electron chi connectivity index (χ3n) is 5.12. The van der Waals surface area contributed by atoms with Gasteiger partial charge in [-0.25, -0.2) is 0 Å². The smallest absolute Gasteiger partial charge is 0.229 e. The predicted octanol–water partition coefficient (Wildman–Crippen LogP) is 3.81. The van der Waals surface area contributed by atoms with Gasteiger partial charge in [-0.2, -0.15) is 0 Å². The lowest BCUT2D eigenvalue weighted by atomic mass is 10.0. The standard InChI is InChI=1S/C22H26N2O3/c1-4-15-9-8-10-16(5-2)21(15)23-22(26)17-13-20(25)24(14-17)18-11-6-7-12-19(18)27-3/h6-12,17H,4-5,13-14H2,1-3H3,(H,23,26)/t17-/m1/s1. The average Bonchev–Trinajstić information content (AvgIpc) is 3.09. The molecule has 3 rings (SSSR count). The van der Waals surface area contributed by atoms with Crippen LogP contribution < -0.4 is 15.0 Å². The van der Waals surface area contributed by atoms with Crippen molar-refractivity contribution in [2.75, 3.05) is 23.9 Å². The first-order valence-corrected chi connectivity index (χ1v) is 9.44. The van der Waals surface area contributed by atoms with E-state index < -0.39 is 0 Å². The number of nitrogens with one attached hydrogen (secondary N) is 1. The molecule has 2 aromatic carbocycles. The summed E-state index contributed by atoms with van der Waals surface area (Å²) in [6, 6.07) is 13.5. The summed E-state index contributed by atoms with van der Waals surface area (Å²) in [7, 11) is 1.58. The first-order chi connectivity index (χ1) is 13.1. The number of hydrogen-bond donors (Lipinski definition) is 1. The zero-order valence-electron chi connectivity index (χ0n) is 16.1. The minimum Gasteiger partial charge on any atom is -0.495 e. The van der Waals surface area contributed by atoms with E-state index in [0.717, 1.165) is 29.7 Å². The molecule has 0 spiro atoms. The van der Waals surface area contributed by atoms with E-state index in [0.29, 0.717) is 18.0 Å². The molecule has 2 aromatic rings. The Kier molecular flexibility index (Phi) is 5.79. The van der Waals surface area contributed by atoms with Gasteiger partial charge >= 0.3 is 0 Å². The largest absolute Gasteiger partial charge is 0.495 e. The molecule has 1 fully saturated rings. The summed E-state index contributed by atoms with van der Waals surface area (Å²) in [5, 5.41) is 3.10. The highest BCUT2D eigenvalue weighted by molar-refractivity contribution is 6.04. The van der Waals surface area contributed by atoms with Gasteiger partial charge in [0.2, 0.25) is 11.8 Å². The minimum absolute atomic E-state index is 0.0564. The summed E-state index contributed by atoms with van der Waals surface area (Å²) in [5.74, 6) is 0.101. The van der Waals surface area contributed by atoms with Crippen LogP contribution in [0.4, 0.5) is 11.4 Å². The Bertz CT molecular complexity index is 825. The third kappa shape index (κ3) is 3.82. The fourth-order valence-electron chi connectivity index (χ4n) is 3.60. The van der Waals surface area contributed by atoms with Crippen molar-refractivity contribution < 1.29 is 14.3 Å². The molecule has 142 valence electrons. The number of para-hydroxylation sites is 3. The molecule has 1 heterocycles. The summed E-state index contributed by atoms with van der Waals surface area (Å²) in [6.45, 7) is 4.51. The second-order valence-corrected chi connectivity index (χ2v) is 6.72. The van der Waals surface area contributed by atoms with Gasteiger partial charge in [-0.05, 0) is 36.1 Å². The average molecular weight is 366 g/mol. The van der Waals surface area contributed by atoms with Crippen molar-refractivity contribution in [1.82, 2.24) is 0 Å². The molecule has 2 amide bonds. The second kappa shape index (κ2) is 8.25. The Morgan fingerprint density at radius 3 is 2.41 bits per heavy atom. The number of amides is 2. The number of nitrogens with zero attached hydrogens (tertiary/aromatic N) is 1. The number of ether oxygens (including phenoxy) is 1. The fourth-order valence-corrected chi connectivity index (χ4v) is 3.60. The summed E-state index contributed by atoms with van der Waals surface area (Å²) >= 11 is 0. The molecule has 1 aliphatic rings. The summed E-state index contributed by atoms with van der Waals surface area (Å²) in [4.78, 5) is 27.1. The van der Waals surface area contributed by atoms with E-state index in [1.807, 2.05) is 42.5 Å². The number of rotatable bonds is 6. The lowest BCUT2D eigenvalue weighted by Crippen LogP contribution is -2.28. The molecule has 5 nitrogen and oxygen atoms in total. The Morgan fingerprint density at radius 1 is 1.11 bits per heavy atom. The molecule has 0 saturated carbocycles. The number of benzene rings is 2. The monoisotopic (exact) mass is 366 g/mol. The van der Waals surface area contributed by atoms with Crippen LogP contribution in [0.15, 0.2) is 42.5 Å². The number of carbonyl (C=O) groups is 2. The Morgan fingerprint density at radius 2 is 1.78 bits per heavy atom. The van der Waals surface area contributed by atoms with Crippen LogP contribution in [-0.2, 0) is 22.4 Å². The van der Waals surface area contributed by atoms with Gasteiger partial charge in [0.15, 0.2) is 0 Å². The van der Waals surface area contributed by atoms with Crippen LogP contribution in [0, 0.1) is 5.92 Å². The second-order valence-electron chi connectivity index (χ2n) is 6.72. The quantitative estimate of drug-likeness (QED) is 0.846. The zero-order valence-corrected chi connectivity index (χ0v) is 16.1. The van der Waals surface area contributed by atoms with Crippen molar-refractivity contribution in [3.8, 4) is 5.75 Å². The fraction of sp³-hybridized carbons (Fsp3) is 0.364. The number of carbonyl (C=O) groups excluding carboxylic acids is 2. The molecule has 0 bridgehead atoms. The maximum atomic E-state index is 12.9. The first-order valence-electron chi connectivity index (χ1n) is 9.44. The van der Waals surface area contributed by atoms with E-state index in [-0.39, 0.29) is 24.2 Å². The van der Waals surface area contributed by atoms with Crippen LogP contribution in [0.5, 0.6) is 5.75 Å². The van der Waals surface area contributed by atoms with Crippen molar-refractivity contribution in [3.05, 3.63) is 53.6 Å². The van der Waals surface area contributed by atoms with Crippen LogP contribution in [0.25, 0.3) is 0 Å². The molecule has 27 heavy (non-hydrogen) atoms. The maximum absolute atomic E-state index is 12.9. The van der Waals surface area contributed by atoms with Gasteiger partial charge < -0.3 is 15.0 Å². The molecule has 0 aliphatic carbocycles. The van der Waals surface area contributed by atoms with Crippen LogP contribution in [0.2, 0.25) is 0 Å². The maximum Gasteiger partial charge on any atom is 0.229 e. The summed E-state index contributed by atoms with van der Waals surface area (Å²) < 4.78 is 5.36. The van der Waals surface area contributed by atoms with Crippen molar-refractivity contribution in [2.24, 2.45) is 5.92 Å². The van der Waals surface area contributed by atoms with Gasteiger partial charge in [-0.1, -0.05) is 44.2 Å². The number of anilines is 2. The van der Waals surface area contributed by atoms with E-state index in [1.54, 1.807) is 12.0 Å². The molecule has 1 atom stereocenters. The molecule has 1 aliphatic heterocycles. The van der Waals surface area contributed by atoms with Crippen LogP contribution >= 0.6 is 0 Å². The highest BCUT2D eigenvalue weighted by Crippen LogP contribution is 2.33. The van der Waals surface area contributed by atoms with Crippen LogP contribution in [0.3, 0.4) is 0 Å². The van der Waals surface area contributed by atoms with Gasteiger partial charge in [0.05, 0.1) is 18.7 Å². The predicted molar refractivity (Wildman–Crippen MR) is 107 cm³/mol. The molecular weight excluding hydrogens is 340 g/mol. The molecule has 5 heteroatoms. The summed E-state index contributed by atoms with van der Waals surface area (Å²) in [6.07, 6.45) is 1.90. The Labute approximate surface area is 160 Å². The molecule has 1 saturated heterocycles. The van der Waals surface area contributed by atoms with Crippen molar-refractivity contribution >= 4 is 23.2 Å². The van der Waals surface area contributed by atoms with E-state index in [4.69, 9.17) is 4.74 Å². The zero-order chi connectivity index (χ0) is 19.4. The molecule has 0 unspecified atom stereocenters. The summed E-state index contributed by atoms with van der Waals surface area (Å²) in [5.41, 5.74) is 3.85. The van der Waals surface area contributed by atoms with Crippen molar-refractivity contribution in [2.45, 2.75) is 33.1 Å². The van der Waals surface area contributed by atoms with Crippen LogP contribution in [-0.4, -0.2) is 25.5 Å². The Balaban J connectivity index is 1.79. The molecular formula is C22H26N2O3. The van der Waals surface area contributed by atoms with E-state index in [9.17, 15) is 9.59 Å². The number of hydrogen-bond acceptors (Lipinski definition) is 3. The normalized spacial score (nSPS) is 16.5. The number of aryl methyl sites for hydroxylation is 2. The topological polar surface area (TPSA) is 58.6 Å². The lowest BCUT2D eigenvalue weighted by Gasteiger charge is -2.20. The highest BCUT2D eigenvalue weighted by Gasteiger charge is 2.36. The third-order valence-corrected chi connectivity index (χ3v) is 5.12. The van der Waals surface area contributed by atoms with Gasteiger partial charge in [0, 0.05) is 18.7 Å². The molecule has 1 N–H and O–H groups in total. The van der Waals surface area contributed by atoms with E-state index in [2.05, 4.69) is 19.2 Å². The van der Waals surface area contributed by atoms with Crippen LogP contribution in [0.1, 0.15) is 31.4 Å². The minimum atomic E-state index is -0.378. The first kappa shape index (κ1) is 19.0. The number of methoxy groups -OCH3 is 1. The Hall–Kier alpha value is -2.82. The highest BCUT2D eigenvalue weighted by atomic mass is 16.5. The SMILES string of the molecule is CCc1cccc(CC)c1NC(=O)[C@@H]1CC(=O)N(c2ccccc2OC)C1. The van der Waals surface area contributed by atoms with Crippen molar-refractivity contribution in [1.29, 1.82) is 0 Å². The molecule has 0 radical (unpaired) electrons.